The van der Waals surface area contributed by atoms with Crippen molar-refractivity contribution in [3.63, 3.8) is 0 Å². The highest BCUT2D eigenvalue weighted by molar-refractivity contribution is 4.88. The van der Waals surface area contributed by atoms with Crippen LogP contribution in [-0.4, -0.2) is 23.9 Å². The molecule has 2 rings (SSSR count). The van der Waals surface area contributed by atoms with Crippen molar-refractivity contribution in [3.8, 4) is 0 Å². The Morgan fingerprint density at radius 2 is 2.11 bits per heavy atom. The Hall–Kier alpha value is -0.0800. The molecule has 2 aliphatic rings. The zero-order chi connectivity index (χ0) is 6.27. The van der Waals surface area contributed by atoms with Crippen LogP contribution in [0, 0.1) is 5.92 Å². The summed E-state index contributed by atoms with van der Waals surface area (Å²) in [6.45, 7) is 0.867. The Labute approximate surface area is 54.8 Å². The minimum absolute atomic E-state index is 0.0579. The first-order valence-electron chi connectivity index (χ1n) is 3.67. The molecule has 2 heteroatoms. The van der Waals surface area contributed by atoms with Gasteiger partial charge in [0.15, 0.2) is 0 Å². The summed E-state index contributed by atoms with van der Waals surface area (Å²) in [6.07, 6.45) is 3.45. The van der Waals surface area contributed by atoms with Crippen LogP contribution in [-0.2, 0) is 4.74 Å². The van der Waals surface area contributed by atoms with Gasteiger partial charge in [0.2, 0.25) is 0 Å². The van der Waals surface area contributed by atoms with E-state index in [2.05, 4.69) is 0 Å². The second-order valence-electron chi connectivity index (χ2n) is 3.01. The van der Waals surface area contributed by atoms with Gasteiger partial charge in [0.1, 0.15) is 0 Å². The van der Waals surface area contributed by atoms with Gasteiger partial charge < -0.3 is 9.84 Å². The SMILES string of the molecule is OC1CCC2OCCC12. The summed E-state index contributed by atoms with van der Waals surface area (Å²) >= 11 is 0. The summed E-state index contributed by atoms with van der Waals surface area (Å²) in [7, 11) is 0. The predicted octanol–water partition coefficient (Wildman–Crippen LogP) is 0.546. The van der Waals surface area contributed by atoms with Crippen molar-refractivity contribution in [2.75, 3.05) is 6.61 Å². The van der Waals surface area contributed by atoms with E-state index in [9.17, 15) is 5.11 Å². The molecule has 3 unspecified atom stereocenters. The van der Waals surface area contributed by atoms with Crippen LogP contribution in [0.3, 0.4) is 0 Å². The lowest BCUT2D eigenvalue weighted by molar-refractivity contribution is 0.0831. The number of fused-ring (bicyclic) bond motifs is 1. The molecule has 0 radical (unpaired) electrons. The topological polar surface area (TPSA) is 29.5 Å². The van der Waals surface area contributed by atoms with Gasteiger partial charge in [-0.3, -0.25) is 0 Å². The number of rotatable bonds is 0. The minimum Gasteiger partial charge on any atom is -0.393 e. The second kappa shape index (κ2) is 1.96. The summed E-state index contributed by atoms with van der Waals surface area (Å²) in [6, 6.07) is 0. The maximum Gasteiger partial charge on any atom is 0.0629 e. The zero-order valence-corrected chi connectivity index (χ0v) is 5.42. The average molecular weight is 128 g/mol. The molecule has 1 aliphatic carbocycles. The molecule has 52 valence electrons. The van der Waals surface area contributed by atoms with Gasteiger partial charge in [0.05, 0.1) is 12.2 Å². The van der Waals surface area contributed by atoms with Crippen LogP contribution in [0.15, 0.2) is 0 Å². The molecular formula is C7H12O2. The Kier molecular flexibility index (Phi) is 1.24. The van der Waals surface area contributed by atoms with Gasteiger partial charge in [0.25, 0.3) is 0 Å². The molecule has 1 saturated heterocycles. The average Bonchev–Trinajstić information content (AvgIpc) is 2.35. The Morgan fingerprint density at radius 3 is 2.89 bits per heavy atom. The van der Waals surface area contributed by atoms with E-state index in [0.717, 1.165) is 25.9 Å². The van der Waals surface area contributed by atoms with Crippen molar-refractivity contribution in [2.45, 2.75) is 31.5 Å². The highest BCUT2D eigenvalue weighted by atomic mass is 16.5. The maximum atomic E-state index is 9.32. The second-order valence-corrected chi connectivity index (χ2v) is 3.01. The van der Waals surface area contributed by atoms with Crippen molar-refractivity contribution in [1.29, 1.82) is 0 Å². The molecule has 1 N–H and O–H groups in total. The Balaban J connectivity index is 2.07. The van der Waals surface area contributed by atoms with Crippen molar-refractivity contribution in [3.05, 3.63) is 0 Å². The van der Waals surface area contributed by atoms with Gasteiger partial charge in [-0.05, 0) is 19.3 Å². The fourth-order valence-electron chi connectivity index (χ4n) is 1.95. The lowest BCUT2D eigenvalue weighted by Crippen LogP contribution is -2.17. The fraction of sp³-hybridized carbons (Fsp3) is 1.00. The number of aliphatic hydroxyl groups excluding tert-OH is 1. The fourth-order valence-corrected chi connectivity index (χ4v) is 1.95. The van der Waals surface area contributed by atoms with Crippen LogP contribution in [0.2, 0.25) is 0 Å². The normalized spacial score (nSPS) is 49.7. The Bertz CT molecular complexity index is 113. The summed E-state index contributed by atoms with van der Waals surface area (Å²) in [4.78, 5) is 0. The smallest absolute Gasteiger partial charge is 0.0629 e. The van der Waals surface area contributed by atoms with Gasteiger partial charge in [-0.1, -0.05) is 0 Å². The molecule has 0 aromatic heterocycles. The standard InChI is InChI=1S/C7H12O2/c8-6-1-2-7-5(6)3-4-9-7/h5-8H,1-4H2. The van der Waals surface area contributed by atoms with E-state index in [0.29, 0.717) is 12.0 Å². The molecule has 1 saturated carbocycles. The van der Waals surface area contributed by atoms with Crippen LogP contribution in [0.4, 0.5) is 0 Å². The molecule has 0 bridgehead atoms. The quantitative estimate of drug-likeness (QED) is 0.516. The molecule has 3 atom stereocenters. The van der Waals surface area contributed by atoms with Gasteiger partial charge in [0, 0.05) is 12.5 Å². The first kappa shape index (κ1) is 5.69. The third kappa shape index (κ3) is 0.775. The Morgan fingerprint density at radius 1 is 1.22 bits per heavy atom. The van der Waals surface area contributed by atoms with E-state index >= 15 is 0 Å². The number of aliphatic hydroxyl groups is 1. The molecule has 1 aliphatic heterocycles. The molecular weight excluding hydrogens is 116 g/mol. The summed E-state index contributed by atoms with van der Waals surface area (Å²) in [5, 5.41) is 9.32. The maximum absolute atomic E-state index is 9.32. The van der Waals surface area contributed by atoms with Gasteiger partial charge in [-0.2, -0.15) is 0 Å². The van der Waals surface area contributed by atoms with Gasteiger partial charge in [-0.25, -0.2) is 0 Å². The molecule has 0 aromatic carbocycles. The van der Waals surface area contributed by atoms with Crippen LogP contribution >= 0.6 is 0 Å². The number of hydrogen-bond donors (Lipinski definition) is 1. The monoisotopic (exact) mass is 128 g/mol. The van der Waals surface area contributed by atoms with Gasteiger partial charge in [-0.15, -0.1) is 0 Å². The lowest BCUT2D eigenvalue weighted by Gasteiger charge is -2.09. The van der Waals surface area contributed by atoms with Gasteiger partial charge >= 0.3 is 0 Å². The lowest BCUT2D eigenvalue weighted by atomic mass is 10.0. The van der Waals surface area contributed by atoms with Crippen LogP contribution in [0.5, 0.6) is 0 Å². The summed E-state index contributed by atoms with van der Waals surface area (Å²) in [5.74, 6) is 0.477. The van der Waals surface area contributed by atoms with E-state index in [1.54, 1.807) is 0 Å². The zero-order valence-electron chi connectivity index (χ0n) is 5.42. The predicted molar refractivity (Wildman–Crippen MR) is 33.1 cm³/mol. The molecule has 0 amide bonds. The van der Waals surface area contributed by atoms with E-state index in [1.807, 2.05) is 0 Å². The molecule has 0 aromatic rings. The third-order valence-electron chi connectivity index (χ3n) is 2.50. The number of ether oxygens (including phenoxy) is 1. The van der Waals surface area contributed by atoms with E-state index < -0.39 is 0 Å². The van der Waals surface area contributed by atoms with Crippen molar-refractivity contribution >= 4 is 0 Å². The first-order valence-corrected chi connectivity index (χ1v) is 3.67. The molecule has 1 heterocycles. The van der Waals surface area contributed by atoms with E-state index in [4.69, 9.17) is 4.74 Å². The highest BCUT2D eigenvalue weighted by Gasteiger charge is 2.38. The molecule has 2 nitrogen and oxygen atoms in total. The van der Waals surface area contributed by atoms with Crippen LogP contribution in [0.1, 0.15) is 19.3 Å². The largest absolute Gasteiger partial charge is 0.393 e. The third-order valence-corrected chi connectivity index (χ3v) is 2.50. The first-order chi connectivity index (χ1) is 4.38. The van der Waals surface area contributed by atoms with Crippen LogP contribution in [0.25, 0.3) is 0 Å². The van der Waals surface area contributed by atoms with E-state index in [1.165, 1.54) is 0 Å². The molecule has 0 spiro atoms. The van der Waals surface area contributed by atoms with Crippen molar-refractivity contribution in [2.24, 2.45) is 5.92 Å². The highest BCUT2D eigenvalue weighted by Crippen LogP contribution is 2.35. The minimum atomic E-state index is -0.0579. The molecule has 2 fully saturated rings. The number of hydrogen-bond acceptors (Lipinski definition) is 2. The molecule has 9 heavy (non-hydrogen) atoms. The van der Waals surface area contributed by atoms with Crippen LogP contribution < -0.4 is 0 Å². The van der Waals surface area contributed by atoms with Crippen molar-refractivity contribution in [1.82, 2.24) is 0 Å². The summed E-state index contributed by atoms with van der Waals surface area (Å²) in [5.41, 5.74) is 0. The van der Waals surface area contributed by atoms with Crippen molar-refractivity contribution < 1.29 is 9.84 Å². The summed E-state index contributed by atoms with van der Waals surface area (Å²) < 4.78 is 5.39. The van der Waals surface area contributed by atoms with E-state index in [-0.39, 0.29) is 6.10 Å².